The molecule has 30 heavy (non-hydrogen) atoms. The predicted molar refractivity (Wildman–Crippen MR) is 107 cm³/mol. The highest BCUT2D eigenvalue weighted by atomic mass is 19.3. The highest BCUT2D eigenvalue weighted by Crippen LogP contribution is 2.52. The van der Waals surface area contributed by atoms with E-state index in [2.05, 4.69) is 19.8 Å². The number of amides is 1. The number of carbonyl (C=O) groups is 1. The van der Waals surface area contributed by atoms with E-state index in [1.807, 2.05) is 43.3 Å². The van der Waals surface area contributed by atoms with Crippen LogP contribution in [0.1, 0.15) is 24.0 Å². The van der Waals surface area contributed by atoms with Crippen molar-refractivity contribution in [1.29, 1.82) is 0 Å². The van der Waals surface area contributed by atoms with Crippen molar-refractivity contribution in [3.05, 3.63) is 71.8 Å². The van der Waals surface area contributed by atoms with Crippen molar-refractivity contribution in [3.8, 4) is 22.8 Å². The summed E-state index contributed by atoms with van der Waals surface area (Å²) in [5, 5.41) is 2.89. The van der Waals surface area contributed by atoms with E-state index in [1.54, 1.807) is 12.1 Å². The summed E-state index contributed by atoms with van der Waals surface area (Å²) >= 11 is 0. The molecule has 1 N–H and O–H groups in total. The average Bonchev–Trinajstić information content (AvgIpc) is 3.47. The smallest absolute Gasteiger partial charge is 0.395 e. The number of aromatic nitrogens is 1. The van der Waals surface area contributed by atoms with E-state index in [-0.39, 0.29) is 17.4 Å². The van der Waals surface area contributed by atoms with Gasteiger partial charge in [0.25, 0.3) is 0 Å². The Morgan fingerprint density at radius 1 is 1.00 bits per heavy atom. The third-order valence-corrected chi connectivity index (χ3v) is 5.52. The molecule has 1 fully saturated rings. The van der Waals surface area contributed by atoms with Gasteiger partial charge in [-0.3, -0.25) is 4.79 Å². The lowest BCUT2D eigenvalue weighted by molar-refractivity contribution is -0.286. The predicted octanol–water partition coefficient (Wildman–Crippen LogP) is 5.05. The number of rotatable bonds is 4. The lowest BCUT2D eigenvalue weighted by Crippen LogP contribution is -2.28. The fraction of sp³-hybridized carbons (Fsp3) is 0.217. The van der Waals surface area contributed by atoms with E-state index in [0.29, 0.717) is 24.2 Å². The van der Waals surface area contributed by atoms with Crippen molar-refractivity contribution >= 4 is 11.7 Å². The van der Waals surface area contributed by atoms with Gasteiger partial charge in [-0.25, -0.2) is 4.98 Å². The van der Waals surface area contributed by atoms with E-state index < -0.39 is 11.7 Å². The van der Waals surface area contributed by atoms with Crippen molar-refractivity contribution in [2.75, 3.05) is 5.32 Å². The second kappa shape index (κ2) is 6.52. The molecule has 5 rings (SSSR count). The number of benzene rings is 2. The Balaban J connectivity index is 1.40. The number of nitrogens with one attached hydrogen (secondary N) is 1. The van der Waals surface area contributed by atoms with Gasteiger partial charge in [0.2, 0.25) is 5.91 Å². The molecule has 7 heteroatoms. The maximum Gasteiger partial charge on any atom is 0.586 e. The molecule has 1 aliphatic carbocycles. The fourth-order valence-electron chi connectivity index (χ4n) is 3.74. The van der Waals surface area contributed by atoms with E-state index in [9.17, 15) is 13.6 Å². The lowest BCUT2D eigenvalue weighted by atomic mass is 9.94. The summed E-state index contributed by atoms with van der Waals surface area (Å²) < 4.78 is 35.6. The second-order valence-corrected chi connectivity index (χ2v) is 7.59. The number of hydrogen-bond acceptors (Lipinski definition) is 4. The highest BCUT2D eigenvalue weighted by molar-refractivity contribution is 6.01. The van der Waals surface area contributed by atoms with Gasteiger partial charge in [-0.15, -0.1) is 8.78 Å². The SMILES string of the molecule is Cc1ccc(NC(=O)C2(c3ccc4c(c3)OC(F)(F)O4)CC2)nc1-c1ccccc1. The third kappa shape index (κ3) is 3.16. The molecule has 2 heterocycles. The molecule has 1 aromatic heterocycles. The average molecular weight is 408 g/mol. The number of anilines is 1. The lowest BCUT2D eigenvalue weighted by Gasteiger charge is -2.16. The van der Waals surface area contributed by atoms with E-state index in [0.717, 1.165) is 16.8 Å². The number of pyridine rings is 1. The molecular formula is C23H18F2N2O3. The Kier molecular flexibility index (Phi) is 4.03. The number of nitrogens with zero attached hydrogens (tertiary/aromatic N) is 1. The minimum absolute atomic E-state index is 0.0346. The summed E-state index contributed by atoms with van der Waals surface area (Å²) in [5.41, 5.74) is 2.59. The summed E-state index contributed by atoms with van der Waals surface area (Å²) in [6.07, 6.45) is -2.45. The fourth-order valence-corrected chi connectivity index (χ4v) is 3.74. The molecule has 152 valence electrons. The number of fused-ring (bicyclic) bond motifs is 1. The number of alkyl halides is 2. The van der Waals surface area contributed by atoms with Crippen molar-refractivity contribution < 1.29 is 23.0 Å². The minimum Gasteiger partial charge on any atom is -0.395 e. The molecule has 2 aliphatic rings. The van der Waals surface area contributed by atoms with Crippen LogP contribution in [-0.2, 0) is 10.2 Å². The Bertz CT molecular complexity index is 1140. The topological polar surface area (TPSA) is 60.5 Å². The monoisotopic (exact) mass is 408 g/mol. The first kappa shape index (κ1) is 18.5. The molecule has 0 radical (unpaired) electrons. The largest absolute Gasteiger partial charge is 0.586 e. The van der Waals surface area contributed by atoms with E-state index >= 15 is 0 Å². The van der Waals surface area contributed by atoms with Crippen molar-refractivity contribution in [3.63, 3.8) is 0 Å². The first-order valence-electron chi connectivity index (χ1n) is 9.61. The minimum atomic E-state index is -3.68. The quantitative estimate of drug-likeness (QED) is 0.656. The summed E-state index contributed by atoms with van der Waals surface area (Å²) in [4.78, 5) is 17.7. The van der Waals surface area contributed by atoms with Crippen LogP contribution in [0.5, 0.6) is 11.5 Å². The number of halogens is 2. The number of ether oxygens (including phenoxy) is 2. The zero-order chi connectivity index (χ0) is 20.9. The Morgan fingerprint density at radius 3 is 2.47 bits per heavy atom. The maximum atomic E-state index is 13.3. The van der Waals surface area contributed by atoms with Gasteiger partial charge in [-0.1, -0.05) is 42.5 Å². The maximum absolute atomic E-state index is 13.3. The second-order valence-electron chi connectivity index (χ2n) is 7.59. The molecule has 1 saturated carbocycles. The van der Waals surface area contributed by atoms with Gasteiger partial charge >= 0.3 is 6.29 Å². The summed E-state index contributed by atoms with van der Waals surface area (Å²) in [5.74, 6) is 0.135. The molecule has 0 bridgehead atoms. The number of carbonyl (C=O) groups excluding carboxylic acids is 1. The zero-order valence-corrected chi connectivity index (χ0v) is 16.1. The molecule has 0 spiro atoms. The molecule has 3 aromatic rings. The summed E-state index contributed by atoms with van der Waals surface area (Å²) in [7, 11) is 0. The van der Waals surface area contributed by atoms with Crippen LogP contribution in [-0.4, -0.2) is 17.2 Å². The molecule has 0 saturated heterocycles. The Labute approximate surface area is 171 Å². The molecular weight excluding hydrogens is 390 g/mol. The molecule has 5 nitrogen and oxygen atoms in total. The van der Waals surface area contributed by atoms with Gasteiger partial charge in [-0.05, 0) is 49.1 Å². The normalized spacial score (nSPS) is 17.4. The zero-order valence-electron chi connectivity index (χ0n) is 16.1. The van der Waals surface area contributed by atoms with Crippen LogP contribution in [0.2, 0.25) is 0 Å². The molecule has 0 unspecified atom stereocenters. The first-order valence-corrected chi connectivity index (χ1v) is 9.61. The van der Waals surface area contributed by atoms with Gasteiger partial charge in [0, 0.05) is 5.56 Å². The van der Waals surface area contributed by atoms with Crippen LogP contribution in [0.25, 0.3) is 11.3 Å². The highest BCUT2D eigenvalue weighted by Gasteiger charge is 2.52. The van der Waals surface area contributed by atoms with Gasteiger partial charge in [0.1, 0.15) is 5.82 Å². The van der Waals surface area contributed by atoms with Crippen LogP contribution < -0.4 is 14.8 Å². The standard InChI is InChI=1S/C23H18F2N2O3/c1-14-7-10-19(26-20(14)15-5-3-2-4-6-15)27-21(28)22(11-12-22)16-8-9-17-18(13-16)30-23(24,25)29-17/h2-10,13H,11-12H2,1H3,(H,26,27,28). The van der Waals surface area contributed by atoms with Crippen LogP contribution in [0.4, 0.5) is 14.6 Å². The van der Waals surface area contributed by atoms with Crippen LogP contribution in [0, 0.1) is 6.92 Å². The van der Waals surface area contributed by atoms with E-state index in [4.69, 9.17) is 0 Å². The van der Waals surface area contributed by atoms with E-state index in [1.165, 1.54) is 12.1 Å². The van der Waals surface area contributed by atoms with Crippen LogP contribution >= 0.6 is 0 Å². The van der Waals surface area contributed by atoms with Crippen molar-refractivity contribution in [2.24, 2.45) is 0 Å². The third-order valence-electron chi connectivity index (χ3n) is 5.52. The molecule has 2 aromatic carbocycles. The molecule has 1 amide bonds. The number of hydrogen-bond donors (Lipinski definition) is 1. The van der Waals surface area contributed by atoms with Gasteiger partial charge in [0.15, 0.2) is 11.5 Å². The Hall–Kier alpha value is -3.48. The molecule has 0 atom stereocenters. The summed E-state index contributed by atoms with van der Waals surface area (Å²) in [6.45, 7) is 1.96. The van der Waals surface area contributed by atoms with Crippen LogP contribution in [0.15, 0.2) is 60.7 Å². The molecule has 1 aliphatic heterocycles. The van der Waals surface area contributed by atoms with Crippen molar-refractivity contribution in [2.45, 2.75) is 31.5 Å². The first-order chi connectivity index (χ1) is 14.4. The number of aryl methyl sites for hydroxylation is 1. The van der Waals surface area contributed by atoms with Gasteiger partial charge < -0.3 is 14.8 Å². The van der Waals surface area contributed by atoms with Crippen molar-refractivity contribution in [1.82, 2.24) is 4.98 Å². The van der Waals surface area contributed by atoms with Gasteiger partial charge in [-0.2, -0.15) is 0 Å². The summed E-state index contributed by atoms with van der Waals surface area (Å²) in [6, 6.07) is 17.9. The van der Waals surface area contributed by atoms with Gasteiger partial charge in [0.05, 0.1) is 11.1 Å². The Morgan fingerprint density at radius 2 is 1.73 bits per heavy atom. The van der Waals surface area contributed by atoms with Crippen LogP contribution in [0.3, 0.4) is 0 Å².